The van der Waals surface area contributed by atoms with Gasteiger partial charge >= 0.3 is 5.97 Å². The second-order valence-corrected chi connectivity index (χ2v) is 8.49. The number of aliphatic hydroxyl groups excluding tert-OH is 1. The van der Waals surface area contributed by atoms with Crippen LogP contribution in [0.25, 0.3) is 0 Å². The molecule has 1 saturated heterocycles. The van der Waals surface area contributed by atoms with Crippen LogP contribution in [0.3, 0.4) is 0 Å². The molecule has 6 heteroatoms. The molecule has 1 amide bonds. The van der Waals surface area contributed by atoms with E-state index in [1.165, 1.54) is 18.4 Å². The van der Waals surface area contributed by atoms with Crippen LogP contribution in [0, 0.1) is 17.8 Å². The number of methoxy groups -OCH3 is 1. The lowest BCUT2D eigenvalue weighted by molar-refractivity contribution is -0.128. The Balaban J connectivity index is 1.85. The summed E-state index contributed by atoms with van der Waals surface area (Å²) in [7, 11) is 1.38. The van der Waals surface area contributed by atoms with Crippen molar-refractivity contribution in [2.24, 2.45) is 5.92 Å². The molecule has 0 saturated carbocycles. The standard InChI is InChI=1S/C23H31NO4S/c1-4-5-6-8-17(2)20(25)13-10-18-11-15-22(26)24(18)16-7-9-19-12-14-21(29-19)23(27)28-3/h10,12-14,17-18,20,25H,4,7-9,11,15-16H2,1-3H3/t17-,18+,20+/m1/s1. The number of likely N-dealkylation sites (tertiary alicyclic amines) is 1. The van der Waals surface area contributed by atoms with E-state index in [4.69, 9.17) is 4.74 Å². The Morgan fingerprint density at radius 3 is 2.97 bits per heavy atom. The third-order valence-corrected chi connectivity index (χ3v) is 6.21. The van der Waals surface area contributed by atoms with Gasteiger partial charge in [0.25, 0.3) is 0 Å². The van der Waals surface area contributed by atoms with Crippen LogP contribution in [0.4, 0.5) is 0 Å². The molecule has 2 rings (SSSR count). The molecule has 2 heterocycles. The molecule has 1 fully saturated rings. The Kier molecular flexibility index (Phi) is 9.43. The van der Waals surface area contributed by atoms with Crippen molar-refractivity contribution in [2.45, 2.75) is 64.5 Å². The van der Waals surface area contributed by atoms with E-state index < -0.39 is 6.10 Å². The SMILES string of the molecule is CCC#CC[C@@H](C)[C@@H](O)C=C[C@H]1CCC(=O)N1CCCc1ccc(C(=O)OC)s1. The first kappa shape index (κ1) is 23.2. The van der Waals surface area contributed by atoms with Gasteiger partial charge in [-0.1, -0.05) is 26.0 Å². The molecule has 1 N–H and O–H groups in total. The molecule has 1 aromatic heterocycles. The highest BCUT2D eigenvalue weighted by Gasteiger charge is 2.28. The molecular weight excluding hydrogens is 386 g/mol. The average Bonchev–Trinajstić information content (AvgIpc) is 3.33. The maximum absolute atomic E-state index is 12.3. The number of rotatable bonds is 9. The Labute approximate surface area is 177 Å². The topological polar surface area (TPSA) is 66.8 Å². The molecule has 0 bridgehead atoms. The van der Waals surface area contributed by atoms with Gasteiger partial charge < -0.3 is 14.7 Å². The molecule has 1 aliphatic heterocycles. The number of amides is 1. The van der Waals surface area contributed by atoms with Gasteiger partial charge in [-0.3, -0.25) is 4.79 Å². The zero-order valence-electron chi connectivity index (χ0n) is 17.5. The zero-order valence-corrected chi connectivity index (χ0v) is 18.3. The van der Waals surface area contributed by atoms with Gasteiger partial charge in [0, 0.05) is 30.7 Å². The van der Waals surface area contributed by atoms with Crippen LogP contribution >= 0.6 is 11.3 Å². The monoisotopic (exact) mass is 417 g/mol. The molecule has 0 unspecified atom stereocenters. The molecule has 0 radical (unpaired) electrons. The van der Waals surface area contributed by atoms with Gasteiger partial charge in [-0.15, -0.1) is 23.2 Å². The van der Waals surface area contributed by atoms with E-state index in [9.17, 15) is 14.7 Å². The average molecular weight is 418 g/mol. The maximum atomic E-state index is 12.3. The molecule has 3 atom stereocenters. The van der Waals surface area contributed by atoms with Gasteiger partial charge in [-0.05, 0) is 37.3 Å². The minimum atomic E-state index is -0.554. The number of ether oxygens (including phenoxy) is 1. The first-order valence-corrected chi connectivity index (χ1v) is 11.1. The van der Waals surface area contributed by atoms with Gasteiger partial charge in [0.1, 0.15) is 4.88 Å². The summed E-state index contributed by atoms with van der Waals surface area (Å²) in [5.74, 6) is 6.03. The van der Waals surface area contributed by atoms with Crippen molar-refractivity contribution in [1.82, 2.24) is 4.90 Å². The first-order chi connectivity index (χ1) is 14.0. The number of thiophene rings is 1. The van der Waals surface area contributed by atoms with Crippen LogP contribution in [-0.4, -0.2) is 47.7 Å². The summed E-state index contributed by atoms with van der Waals surface area (Å²) >= 11 is 1.44. The van der Waals surface area contributed by atoms with E-state index >= 15 is 0 Å². The Morgan fingerprint density at radius 1 is 1.45 bits per heavy atom. The van der Waals surface area contributed by atoms with Crippen molar-refractivity contribution in [3.05, 3.63) is 34.0 Å². The highest BCUT2D eigenvalue weighted by Crippen LogP contribution is 2.23. The van der Waals surface area contributed by atoms with E-state index in [2.05, 4.69) is 11.8 Å². The highest BCUT2D eigenvalue weighted by atomic mass is 32.1. The van der Waals surface area contributed by atoms with E-state index in [-0.39, 0.29) is 23.8 Å². The molecule has 0 spiro atoms. The van der Waals surface area contributed by atoms with E-state index in [0.29, 0.717) is 24.3 Å². The number of hydrogen-bond donors (Lipinski definition) is 1. The molecular formula is C23H31NO4S. The number of carbonyl (C=O) groups excluding carboxylic acids is 2. The number of hydrogen-bond acceptors (Lipinski definition) is 5. The zero-order chi connectivity index (χ0) is 21.2. The van der Waals surface area contributed by atoms with Crippen LogP contribution in [0.5, 0.6) is 0 Å². The highest BCUT2D eigenvalue weighted by molar-refractivity contribution is 7.13. The largest absolute Gasteiger partial charge is 0.465 e. The molecule has 1 aliphatic rings. The van der Waals surface area contributed by atoms with E-state index in [1.807, 2.05) is 37.0 Å². The fraction of sp³-hybridized carbons (Fsp3) is 0.565. The predicted molar refractivity (Wildman–Crippen MR) is 116 cm³/mol. The summed E-state index contributed by atoms with van der Waals surface area (Å²) < 4.78 is 4.74. The fourth-order valence-electron chi connectivity index (χ4n) is 3.30. The lowest BCUT2D eigenvalue weighted by Gasteiger charge is -2.23. The van der Waals surface area contributed by atoms with Crippen LogP contribution in [0.15, 0.2) is 24.3 Å². The van der Waals surface area contributed by atoms with Crippen LogP contribution in [-0.2, 0) is 16.0 Å². The maximum Gasteiger partial charge on any atom is 0.348 e. The number of carbonyl (C=O) groups is 2. The van der Waals surface area contributed by atoms with Crippen LogP contribution in [0.2, 0.25) is 0 Å². The molecule has 0 aliphatic carbocycles. The van der Waals surface area contributed by atoms with E-state index in [1.54, 1.807) is 6.07 Å². The van der Waals surface area contributed by atoms with Crippen LogP contribution < -0.4 is 0 Å². The molecule has 158 valence electrons. The Morgan fingerprint density at radius 2 is 2.24 bits per heavy atom. The Bertz CT molecular complexity index is 773. The summed E-state index contributed by atoms with van der Waals surface area (Å²) in [6, 6.07) is 3.77. The molecule has 1 aromatic rings. The number of nitrogens with zero attached hydrogens (tertiary/aromatic N) is 1. The Hall–Kier alpha value is -2.10. The van der Waals surface area contributed by atoms with Gasteiger partial charge in [-0.2, -0.15) is 0 Å². The second kappa shape index (κ2) is 11.8. The molecule has 29 heavy (non-hydrogen) atoms. The second-order valence-electron chi connectivity index (χ2n) is 7.32. The van der Waals surface area contributed by atoms with Crippen LogP contribution in [0.1, 0.15) is 60.5 Å². The fourth-order valence-corrected chi connectivity index (χ4v) is 4.27. The van der Waals surface area contributed by atoms with Gasteiger partial charge in [-0.25, -0.2) is 4.79 Å². The summed E-state index contributed by atoms with van der Waals surface area (Å²) in [4.78, 5) is 27.4. The smallest absolute Gasteiger partial charge is 0.348 e. The predicted octanol–water partition coefficient (Wildman–Crippen LogP) is 3.82. The normalized spacial score (nSPS) is 18.6. The minimum Gasteiger partial charge on any atom is -0.465 e. The summed E-state index contributed by atoms with van der Waals surface area (Å²) in [5, 5.41) is 10.3. The first-order valence-electron chi connectivity index (χ1n) is 10.2. The molecule has 0 aromatic carbocycles. The van der Waals surface area contributed by atoms with Gasteiger partial charge in [0.2, 0.25) is 5.91 Å². The lowest BCUT2D eigenvalue weighted by atomic mass is 10.00. The number of esters is 1. The molecule has 5 nitrogen and oxygen atoms in total. The van der Waals surface area contributed by atoms with Crippen molar-refractivity contribution in [1.29, 1.82) is 0 Å². The summed E-state index contributed by atoms with van der Waals surface area (Å²) in [6.07, 6.45) is 7.72. The third-order valence-electron chi connectivity index (χ3n) is 5.08. The third kappa shape index (κ3) is 7.02. The van der Waals surface area contributed by atoms with Crippen molar-refractivity contribution < 1.29 is 19.4 Å². The lowest BCUT2D eigenvalue weighted by Crippen LogP contribution is -2.33. The van der Waals surface area contributed by atoms with E-state index in [0.717, 1.165) is 30.6 Å². The number of aliphatic hydroxyl groups is 1. The van der Waals surface area contributed by atoms with Crippen molar-refractivity contribution in [2.75, 3.05) is 13.7 Å². The summed E-state index contributed by atoms with van der Waals surface area (Å²) in [5.41, 5.74) is 0. The van der Waals surface area contributed by atoms with Crippen molar-refractivity contribution >= 4 is 23.2 Å². The minimum absolute atomic E-state index is 0.0417. The quantitative estimate of drug-likeness (QED) is 0.377. The van der Waals surface area contributed by atoms with Gasteiger partial charge in [0.15, 0.2) is 0 Å². The van der Waals surface area contributed by atoms with Crippen molar-refractivity contribution in [3.63, 3.8) is 0 Å². The van der Waals surface area contributed by atoms with Gasteiger partial charge in [0.05, 0.1) is 19.3 Å². The summed E-state index contributed by atoms with van der Waals surface area (Å²) in [6.45, 7) is 4.67. The van der Waals surface area contributed by atoms with Crippen molar-refractivity contribution in [3.8, 4) is 11.8 Å². The number of aryl methyl sites for hydroxylation is 1.